The number of carbonyl (C=O) groups is 1. The van der Waals surface area contributed by atoms with Gasteiger partial charge in [0.15, 0.2) is 0 Å². The maximum absolute atomic E-state index is 13.1. The monoisotopic (exact) mass is 372 g/mol. The molecule has 0 aliphatic rings. The van der Waals surface area contributed by atoms with Gasteiger partial charge in [-0.3, -0.25) is 14.6 Å². The number of pyridine rings is 1. The minimum absolute atomic E-state index is 0.331. The molecule has 0 saturated heterocycles. The van der Waals surface area contributed by atoms with Gasteiger partial charge in [0.2, 0.25) is 0 Å². The summed E-state index contributed by atoms with van der Waals surface area (Å²) in [5.74, 6) is -0.512. The Kier molecular flexibility index (Phi) is 4.55. The number of anilines is 1. The Bertz CT molecular complexity index is 1250. The SMILES string of the molecule is O=C(Nc1cccnc1)[C@H](c1ccccc1)n1c(=O)[nH]c2ccccc2c1=O. The van der Waals surface area contributed by atoms with Crippen LogP contribution in [-0.4, -0.2) is 20.4 Å². The molecule has 2 aromatic carbocycles. The normalized spacial score (nSPS) is 11.9. The maximum atomic E-state index is 13.1. The first kappa shape index (κ1) is 17.4. The zero-order valence-electron chi connectivity index (χ0n) is 14.7. The predicted molar refractivity (Wildman–Crippen MR) is 106 cm³/mol. The Labute approximate surface area is 159 Å². The summed E-state index contributed by atoms with van der Waals surface area (Å²) in [5, 5.41) is 3.06. The number of amides is 1. The summed E-state index contributed by atoms with van der Waals surface area (Å²) in [6.45, 7) is 0. The van der Waals surface area contributed by atoms with Crippen LogP contribution < -0.4 is 16.6 Å². The van der Waals surface area contributed by atoms with Gasteiger partial charge in [-0.25, -0.2) is 9.36 Å². The van der Waals surface area contributed by atoms with Gasteiger partial charge in [0, 0.05) is 6.20 Å². The molecule has 2 heterocycles. The van der Waals surface area contributed by atoms with E-state index in [1.807, 2.05) is 0 Å². The molecule has 0 saturated carbocycles. The van der Waals surface area contributed by atoms with Crippen LogP contribution >= 0.6 is 0 Å². The lowest BCUT2D eigenvalue weighted by atomic mass is 10.1. The molecule has 0 radical (unpaired) electrons. The van der Waals surface area contributed by atoms with Crippen LogP contribution in [0.15, 0.2) is 88.7 Å². The highest BCUT2D eigenvalue weighted by Gasteiger charge is 2.26. The molecule has 4 rings (SSSR count). The van der Waals surface area contributed by atoms with E-state index in [1.165, 1.54) is 6.20 Å². The van der Waals surface area contributed by atoms with Gasteiger partial charge >= 0.3 is 5.69 Å². The van der Waals surface area contributed by atoms with Crippen LogP contribution in [0, 0.1) is 0 Å². The van der Waals surface area contributed by atoms with E-state index in [2.05, 4.69) is 15.3 Å². The average Bonchev–Trinajstić information content (AvgIpc) is 2.72. The Morgan fingerprint density at radius 2 is 1.71 bits per heavy atom. The molecule has 0 spiro atoms. The Hall–Kier alpha value is -4.00. The molecular weight excluding hydrogens is 356 g/mol. The van der Waals surface area contributed by atoms with E-state index in [0.29, 0.717) is 22.2 Å². The summed E-state index contributed by atoms with van der Waals surface area (Å²) in [6.07, 6.45) is 3.08. The van der Waals surface area contributed by atoms with Gasteiger partial charge in [0.25, 0.3) is 11.5 Å². The highest BCUT2D eigenvalue weighted by atomic mass is 16.2. The molecular formula is C21H16N4O3. The smallest absolute Gasteiger partial charge is 0.323 e. The number of hydrogen-bond acceptors (Lipinski definition) is 4. The van der Waals surface area contributed by atoms with Crippen molar-refractivity contribution < 1.29 is 4.79 Å². The lowest BCUT2D eigenvalue weighted by Crippen LogP contribution is -2.43. The fraction of sp³-hybridized carbons (Fsp3) is 0.0476. The molecule has 2 aromatic heterocycles. The van der Waals surface area contributed by atoms with Crippen LogP contribution in [-0.2, 0) is 4.79 Å². The van der Waals surface area contributed by atoms with Gasteiger partial charge in [-0.2, -0.15) is 0 Å². The van der Waals surface area contributed by atoms with Gasteiger partial charge in [-0.05, 0) is 29.8 Å². The van der Waals surface area contributed by atoms with E-state index in [0.717, 1.165) is 4.57 Å². The first-order chi connectivity index (χ1) is 13.6. The van der Waals surface area contributed by atoms with Crippen LogP contribution in [0.3, 0.4) is 0 Å². The Morgan fingerprint density at radius 3 is 2.46 bits per heavy atom. The minimum atomic E-state index is -1.14. The zero-order chi connectivity index (χ0) is 19.5. The van der Waals surface area contributed by atoms with Crippen LogP contribution in [0.4, 0.5) is 5.69 Å². The largest absolute Gasteiger partial charge is 0.329 e. The molecule has 0 aliphatic carbocycles. The number of fused-ring (bicyclic) bond motifs is 1. The molecule has 2 N–H and O–H groups in total. The topological polar surface area (TPSA) is 96.8 Å². The summed E-state index contributed by atoms with van der Waals surface area (Å²) in [4.78, 5) is 45.6. The molecule has 28 heavy (non-hydrogen) atoms. The number of aromatic nitrogens is 3. The van der Waals surface area contributed by atoms with Crippen molar-refractivity contribution in [2.75, 3.05) is 5.32 Å². The molecule has 0 bridgehead atoms. The van der Waals surface area contributed by atoms with E-state index < -0.39 is 23.2 Å². The number of H-pyrrole nitrogens is 1. The number of benzene rings is 2. The van der Waals surface area contributed by atoms with Crippen molar-refractivity contribution in [3.8, 4) is 0 Å². The Balaban J connectivity index is 1.90. The van der Waals surface area contributed by atoms with E-state index in [1.54, 1.807) is 72.9 Å². The summed E-state index contributed by atoms with van der Waals surface area (Å²) in [5.41, 5.74) is 0.229. The summed E-state index contributed by atoms with van der Waals surface area (Å²) in [7, 11) is 0. The van der Waals surface area contributed by atoms with Crippen molar-refractivity contribution in [3.63, 3.8) is 0 Å². The van der Waals surface area contributed by atoms with Gasteiger partial charge in [0.1, 0.15) is 6.04 Å². The van der Waals surface area contributed by atoms with Gasteiger partial charge < -0.3 is 10.3 Å². The Morgan fingerprint density at radius 1 is 0.964 bits per heavy atom. The van der Waals surface area contributed by atoms with Crippen molar-refractivity contribution in [2.24, 2.45) is 0 Å². The second-order valence-electron chi connectivity index (χ2n) is 6.20. The van der Waals surface area contributed by atoms with Crippen molar-refractivity contribution in [1.29, 1.82) is 0 Å². The summed E-state index contributed by atoms with van der Waals surface area (Å²) in [6, 6.07) is 17.6. The first-order valence-corrected chi connectivity index (χ1v) is 8.64. The van der Waals surface area contributed by atoms with Crippen LogP contribution in [0.5, 0.6) is 0 Å². The molecule has 0 aliphatic heterocycles. The molecule has 7 heteroatoms. The molecule has 4 aromatic rings. The van der Waals surface area contributed by atoms with E-state index in [4.69, 9.17) is 0 Å². The van der Waals surface area contributed by atoms with Crippen molar-refractivity contribution in [2.45, 2.75) is 6.04 Å². The third kappa shape index (κ3) is 3.21. The van der Waals surface area contributed by atoms with E-state index >= 15 is 0 Å². The van der Waals surface area contributed by atoms with Gasteiger partial charge in [-0.1, -0.05) is 42.5 Å². The zero-order valence-corrected chi connectivity index (χ0v) is 14.7. The minimum Gasteiger partial charge on any atom is -0.323 e. The second-order valence-corrected chi connectivity index (χ2v) is 6.20. The van der Waals surface area contributed by atoms with Crippen molar-refractivity contribution in [1.82, 2.24) is 14.5 Å². The quantitative estimate of drug-likeness (QED) is 0.574. The summed E-state index contributed by atoms with van der Waals surface area (Å²) >= 11 is 0. The van der Waals surface area contributed by atoms with E-state index in [9.17, 15) is 14.4 Å². The van der Waals surface area contributed by atoms with Crippen LogP contribution in [0.2, 0.25) is 0 Å². The van der Waals surface area contributed by atoms with E-state index in [-0.39, 0.29) is 0 Å². The fourth-order valence-electron chi connectivity index (χ4n) is 3.11. The molecule has 7 nitrogen and oxygen atoms in total. The van der Waals surface area contributed by atoms with Crippen LogP contribution in [0.25, 0.3) is 10.9 Å². The fourth-order valence-corrected chi connectivity index (χ4v) is 3.11. The molecule has 138 valence electrons. The highest BCUT2D eigenvalue weighted by molar-refractivity contribution is 5.95. The standard InChI is InChI=1S/C21H16N4O3/c26-19(23-15-9-6-12-22-13-15)18(14-7-2-1-3-8-14)25-20(27)16-10-4-5-11-17(16)24-21(25)28/h1-13,18H,(H,23,26)(H,24,28)/t18-/m0/s1. The highest BCUT2D eigenvalue weighted by Crippen LogP contribution is 2.19. The number of hydrogen-bond donors (Lipinski definition) is 2. The number of para-hydroxylation sites is 1. The van der Waals surface area contributed by atoms with Crippen LogP contribution in [0.1, 0.15) is 11.6 Å². The number of nitrogens with zero attached hydrogens (tertiary/aromatic N) is 2. The van der Waals surface area contributed by atoms with Crippen molar-refractivity contribution >= 4 is 22.5 Å². The van der Waals surface area contributed by atoms with Gasteiger partial charge in [-0.15, -0.1) is 0 Å². The number of carbonyl (C=O) groups excluding carboxylic acids is 1. The van der Waals surface area contributed by atoms with Gasteiger partial charge in [0.05, 0.1) is 22.8 Å². The number of rotatable bonds is 4. The second kappa shape index (κ2) is 7.32. The predicted octanol–water partition coefficient (Wildman–Crippen LogP) is 2.31. The molecule has 1 atom stereocenters. The maximum Gasteiger partial charge on any atom is 0.329 e. The molecule has 0 fully saturated rings. The lowest BCUT2D eigenvalue weighted by molar-refractivity contribution is -0.118. The number of nitrogens with one attached hydrogen (secondary N) is 2. The van der Waals surface area contributed by atoms with Crippen molar-refractivity contribution in [3.05, 3.63) is 106 Å². The number of aromatic amines is 1. The average molecular weight is 372 g/mol. The summed E-state index contributed by atoms with van der Waals surface area (Å²) < 4.78 is 0.948. The third-order valence-corrected chi connectivity index (χ3v) is 4.39. The first-order valence-electron chi connectivity index (χ1n) is 8.64. The lowest BCUT2D eigenvalue weighted by Gasteiger charge is -2.19. The third-order valence-electron chi connectivity index (χ3n) is 4.39. The molecule has 1 amide bonds. The molecule has 0 unspecified atom stereocenters.